The fraction of sp³-hybridized carbons (Fsp3) is 0.500. The molecule has 0 saturated carbocycles. The lowest BCUT2D eigenvalue weighted by Gasteiger charge is -2.22. The van der Waals surface area contributed by atoms with Gasteiger partial charge < -0.3 is 42.6 Å². The first-order chi connectivity index (χ1) is 33.5. The monoisotopic (exact) mass is 974 g/mol. The number of nitrogens with two attached hydrogens (primary N) is 3. The first-order valence-corrected chi connectivity index (χ1v) is 24.1. The summed E-state index contributed by atoms with van der Waals surface area (Å²) in [4.78, 5) is 82.9. The average Bonchev–Trinajstić information content (AvgIpc) is 3.66. The molecule has 1 fully saturated rings. The number of nitrogens with zero attached hydrogens (tertiary/aromatic N) is 2. The Bertz CT molecular complexity index is 2160. The van der Waals surface area contributed by atoms with E-state index in [0.29, 0.717) is 74.1 Å². The van der Waals surface area contributed by atoms with E-state index in [0.717, 1.165) is 58.6 Å². The van der Waals surface area contributed by atoms with Crippen molar-refractivity contribution in [3.05, 3.63) is 82.4 Å². The zero-order valence-corrected chi connectivity index (χ0v) is 42.8. The maximum absolute atomic E-state index is 13.7. The van der Waals surface area contributed by atoms with Gasteiger partial charge in [-0.25, -0.2) is 9.80 Å². The molecule has 3 unspecified atom stereocenters. The standard InChI is InChI=1S/C42H58N4O6.C6H8N4O3.C2H7N.C2H6/c1-7-8-27(2)22-32-11-15-39(51-19-17-43)36(23-32)37-24-33(12-16-40(37)52-20-18-44)35(42(50)45-25-31(6)47)14-10-29(4)38(48)26-46-41(49)34-13-9-28(3)21-30(34)5;11-4-7-1-2-8-10-3-5(12)9-6(10)13;1-2-3;1-2/h9,11-13,15-16,21,23-24,27,29,35H,7-8,10,14,17-20,22,25-26,43-44H2,1-6H3,(H,45,50)(H,46,49);2,4H,1,3H2,(H,7,11)(H,9,12,13);2-3H2,1H3;1-2H3/b;8-2+;;. The van der Waals surface area contributed by atoms with Gasteiger partial charge in [-0.2, -0.15) is 5.10 Å². The highest BCUT2D eigenvalue weighted by molar-refractivity contribution is 6.02. The number of carbonyl (C=O) groups excluding carboxylic acids is 7. The van der Waals surface area contributed by atoms with Crippen LogP contribution in [-0.4, -0.2) is 112 Å². The molecule has 3 atom stereocenters. The first-order valence-electron chi connectivity index (χ1n) is 24.1. The SMILES string of the molecule is CC.CCCC(C)Cc1ccc(OCCN)c(-c2cc(C(CCC(C)C(=O)CNC(=O)c3ccc(C)cc3C)C(=O)NCC(C)=O)ccc2OCCN)c1.CCN.O=CNC/C=N/N1CC(=O)NC1=O. The molecule has 18 heteroatoms. The quantitative estimate of drug-likeness (QED) is 0.0240. The lowest BCUT2D eigenvalue weighted by molar-refractivity contribution is -0.126. The number of urea groups is 1. The molecular weight excluding hydrogens is 895 g/mol. The van der Waals surface area contributed by atoms with Crippen LogP contribution in [-0.2, 0) is 30.4 Å². The summed E-state index contributed by atoms with van der Waals surface area (Å²) in [5, 5.41) is 14.5. The van der Waals surface area contributed by atoms with E-state index >= 15 is 0 Å². The number of ether oxygens (including phenoxy) is 2. The van der Waals surface area contributed by atoms with E-state index in [1.54, 1.807) is 13.0 Å². The third kappa shape index (κ3) is 22.3. The van der Waals surface area contributed by atoms with Crippen LogP contribution in [0, 0.1) is 25.7 Å². The molecule has 0 radical (unpaired) electrons. The highest BCUT2D eigenvalue weighted by atomic mass is 16.5. The van der Waals surface area contributed by atoms with Crippen LogP contribution in [0.4, 0.5) is 4.79 Å². The van der Waals surface area contributed by atoms with Crippen molar-refractivity contribution in [1.29, 1.82) is 0 Å². The fourth-order valence-corrected chi connectivity index (χ4v) is 7.11. The molecule has 1 aliphatic heterocycles. The second-order valence-corrected chi connectivity index (χ2v) is 16.5. The summed E-state index contributed by atoms with van der Waals surface area (Å²) in [6.07, 6.45) is 5.65. The number of hydrogen-bond acceptors (Lipinski definition) is 13. The number of ketones is 2. The van der Waals surface area contributed by atoms with Gasteiger partial charge in [0.05, 0.1) is 25.6 Å². The highest BCUT2D eigenvalue weighted by Crippen LogP contribution is 2.40. The molecule has 1 heterocycles. The Balaban J connectivity index is 0.00000115. The van der Waals surface area contributed by atoms with E-state index in [9.17, 15) is 33.6 Å². The van der Waals surface area contributed by atoms with Gasteiger partial charge in [0, 0.05) is 41.9 Å². The van der Waals surface area contributed by atoms with Crippen LogP contribution >= 0.6 is 0 Å². The van der Waals surface area contributed by atoms with Gasteiger partial charge in [-0.05, 0) is 99.5 Å². The Labute approximate surface area is 414 Å². The minimum Gasteiger partial charge on any atom is -0.492 e. The van der Waals surface area contributed by atoms with Crippen LogP contribution in [0.15, 0.2) is 59.7 Å². The zero-order valence-electron chi connectivity index (χ0n) is 42.8. The Hall–Kier alpha value is -6.50. The van der Waals surface area contributed by atoms with Crippen molar-refractivity contribution in [2.24, 2.45) is 34.1 Å². The van der Waals surface area contributed by atoms with E-state index in [4.69, 9.17) is 26.7 Å². The predicted octanol–water partition coefficient (Wildman–Crippen LogP) is 5.09. The zero-order chi connectivity index (χ0) is 52.6. The molecule has 1 aliphatic rings. The van der Waals surface area contributed by atoms with E-state index in [2.05, 4.69) is 52.3 Å². The van der Waals surface area contributed by atoms with Gasteiger partial charge in [-0.3, -0.25) is 34.1 Å². The molecule has 1 saturated heterocycles. The van der Waals surface area contributed by atoms with E-state index in [1.165, 1.54) is 13.1 Å². The van der Waals surface area contributed by atoms with Crippen molar-refractivity contribution in [1.82, 2.24) is 26.3 Å². The first kappa shape index (κ1) is 61.5. The van der Waals surface area contributed by atoms with E-state index < -0.39 is 17.9 Å². The number of hydrazone groups is 1. The number of amides is 6. The molecule has 0 bridgehead atoms. The van der Waals surface area contributed by atoms with Gasteiger partial charge in [0.15, 0.2) is 5.78 Å². The molecule has 3 aromatic rings. The van der Waals surface area contributed by atoms with Gasteiger partial charge in [-0.1, -0.05) is 84.2 Å². The third-order valence-corrected chi connectivity index (χ3v) is 10.5. The summed E-state index contributed by atoms with van der Waals surface area (Å²) in [6, 6.07) is 16.8. The van der Waals surface area contributed by atoms with Gasteiger partial charge in [0.1, 0.15) is 37.0 Å². The van der Waals surface area contributed by atoms with Crippen LogP contribution < -0.4 is 47.9 Å². The van der Waals surface area contributed by atoms with Gasteiger partial charge >= 0.3 is 6.03 Å². The smallest absolute Gasteiger partial charge is 0.344 e. The highest BCUT2D eigenvalue weighted by Gasteiger charge is 2.27. The minimum atomic E-state index is -0.678. The number of rotatable bonds is 26. The number of imide groups is 1. The molecule has 6 amide bonds. The number of aryl methyl sites for hydroxylation is 2. The lowest BCUT2D eigenvalue weighted by atomic mass is 9.86. The van der Waals surface area contributed by atoms with Crippen LogP contribution in [0.25, 0.3) is 11.1 Å². The Morgan fingerprint density at radius 3 is 2.03 bits per heavy atom. The normalized spacial score (nSPS) is 12.9. The second-order valence-electron chi connectivity index (χ2n) is 16.5. The van der Waals surface area contributed by atoms with Crippen molar-refractivity contribution >= 4 is 47.9 Å². The van der Waals surface area contributed by atoms with Crippen molar-refractivity contribution in [3.63, 3.8) is 0 Å². The van der Waals surface area contributed by atoms with Gasteiger partial charge in [0.2, 0.25) is 18.2 Å². The van der Waals surface area contributed by atoms with Crippen LogP contribution in [0.3, 0.4) is 0 Å². The lowest BCUT2D eigenvalue weighted by Crippen LogP contribution is -2.34. The molecule has 10 N–H and O–H groups in total. The summed E-state index contributed by atoms with van der Waals surface area (Å²) in [7, 11) is 0. The molecule has 0 aliphatic carbocycles. The number of benzene rings is 3. The maximum Gasteiger partial charge on any atom is 0.344 e. The Morgan fingerprint density at radius 2 is 1.47 bits per heavy atom. The van der Waals surface area contributed by atoms with Crippen molar-refractivity contribution in [2.75, 3.05) is 59.0 Å². The molecule has 0 aromatic heterocycles. The average molecular weight is 974 g/mol. The fourth-order valence-electron chi connectivity index (χ4n) is 7.11. The number of carbonyl (C=O) groups is 7. The summed E-state index contributed by atoms with van der Waals surface area (Å²) in [5.41, 5.74) is 22.3. The maximum atomic E-state index is 13.7. The molecule has 18 nitrogen and oxygen atoms in total. The van der Waals surface area contributed by atoms with Crippen LogP contribution in [0.1, 0.15) is 113 Å². The van der Waals surface area contributed by atoms with E-state index in [1.807, 2.05) is 71.0 Å². The molecular formula is C52H79N9O9. The molecule has 3 aromatic carbocycles. The topological polar surface area (TPSA) is 280 Å². The van der Waals surface area contributed by atoms with Gasteiger partial charge in [0.25, 0.3) is 5.91 Å². The number of nitrogens with one attached hydrogen (secondary N) is 4. The minimum absolute atomic E-state index is 0.0730. The van der Waals surface area contributed by atoms with Crippen LogP contribution in [0.5, 0.6) is 11.5 Å². The Kier molecular flexibility index (Phi) is 30.5. The van der Waals surface area contributed by atoms with Crippen molar-refractivity contribution in [2.45, 2.75) is 100 Å². The van der Waals surface area contributed by atoms with Gasteiger partial charge in [-0.15, -0.1) is 0 Å². The third-order valence-electron chi connectivity index (χ3n) is 10.5. The predicted molar refractivity (Wildman–Crippen MR) is 276 cm³/mol. The second kappa shape index (κ2) is 34.7. The summed E-state index contributed by atoms with van der Waals surface area (Å²) in [6.45, 7) is 19.3. The summed E-state index contributed by atoms with van der Waals surface area (Å²) in [5.74, 6) is -0.694. The van der Waals surface area contributed by atoms with Crippen LogP contribution in [0.2, 0.25) is 0 Å². The Morgan fingerprint density at radius 1 is 0.843 bits per heavy atom. The largest absolute Gasteiger partial charge is 0.492 e. The molecule has 70 heavy (non-hydrogen) atoms. The number of Topliss-reactive ketones (excluding diaryl/α,β-unsaturated/α-hetero) is 2. The molecule has 0 spiro atoms. The van der Waals surface area contributed by atoms with Crippen molar-refractivity contribution < 1.29 is 43.0 Å². The number of hydrogen-bond donors (Lipinski definition) is 7. The summed E-state index contributed by atoms with van der Waals surface area (Å²) >= 11 is 0. The molecule has 4 rings (SSSR count). The molecule has 386 valence electrons. The van der Waals surface area contributed by atoms with Crippen molar-refractivity contribution in [3.8, 4) is 22.6 Å². The summed E-state index contributed by atoms with van der Waals surface area (Å²) < 4.78 is 12.2. The van der Waals surface area contributed by atoms with E-state index in [-0.39, 0.29) is 55.5 Å².